The highest BCUT2D eigenvalue weighted by atomic mass is 32.2. The zero-order valence-corrected chi connectivity index (χ0v) is 10.8. The van der Waals surface area contributed by atoms with E-state index in [4.69, 9.17) is 0 Å². The van der Waals surface area contributed by atoms with Crippen LogP contribution in [0.15, 0.2) is 0 Å². The Morgan fingerprint density at radius 3 is 2.41 bits per heavy atom. The summed E-state index contributed by atoms with van der Waals surface area (Å²) in [6, 6.07) is -0.234. The van der Waals surface area contributed by atoms with Crippen LogP contribution in [0.5, 0.6) is 0 Å². The van der Waals surface area contributed by atoms with Gasteiger partial charge in [-0.25, -0.2) is 9.59 Å². The second-order valence-corrected chi connectivity index (χ2v) is 6.04. The summed E-state index contributed by atoms with van der Waals surface area (Å²) in [7, 11) is 0. The lowest BCUT2D eigenvalue weighted by atomic mass is 9.96. The van der Waals surface area contributed by atoms with Crippen molar-refractivity contribution in [3.8, 4) is 0 Å². The van der Waals surface area contributed by atoms with Crippen molar-refractivity contribution in [2.24, 2.45) is 5.92 Å². The molecule has 0 aromatic carbocycles. The molecule has 0 aromatic rings. The van der Waals surface area contributed by atoms with Crippen molar-refractivity contribution in [1.29, 1.82) is 0 Å². The second kappa shape index (κ2) is 4.76. The summed E-state index contributed by atoms with van der Waals surface area (Å²) in [5, 5.41) is 12.0. The highest BCUT2D eigenvalue weighted by Crippen LogP contribution is 2.39. The number of carboxylic acids is 1. The Morgan fingerprint density at radius 1 is 1.35 bits per heavy atom. The van der Waals surface area contributed by atoms with Crippen LogP contribution in [0.4, 0.5) is 4.79 Å². The number of carbonyl (C=O) groups is 2. The first kappa shape index (κ1) is 12.5. The minimum absolute atomic E-state index is 0.0862. The summed E-state index contributed by atoms with van der Waals surface area (Å²) >= 11 is 1.82. The van der Waals surface area contributed by atoms with Gasteiger partial charge in [-0.15, -0.1) is 0 Å². The van der Waals surface area contributed by atoms with E-state index in [1.54, 1.807) is 11.8 Å². The Labute approximate surface area is 105 Å². The smallest absolute Gasteiger partial charge is 0.329 e. The molecule has 6 heteroatoms. The van der Waals surface area contributed by atoms with Gasteiger partial charge in [0.2, 0.25) is 0 Å². The Kier molecular flexibility index (Phi) is 3.51. The van der Waals surface area contributed by atoms with Crippen molar-refractivity contribution in [3.63, 3.8) is 0 Å². The topological polar surface area (TPSA) is 69.6 Å². The van der Waals surface area contributed by atoms with E-state index in [0.29, 0.717) is 13.1 Å². The molecule has 0 radical (unpaired) electrons. The largest absolute Gasteiger partial charge is 0.480 e. The number of aliphatic carboxylic acids is 1. The molecule has 0 aromatic heterocycles. The van der Waals surface area contributed by atoms with Crippen molar-refractivity contribution in [3.05, 3.63) is 0 Å². The molecule has 1 heterocycles. The molecule has 1 aliphatic heterocycles. The van der Waals surface area contributed by atoms with Crippen LogP contribution in [0.3, 0.4) is 0 Å². The van der Waals surface area contributed by atoms with Crippen molar-refractivity contribution in [2.75, 3.05) is 24.6 Å². The predicted octanol–water partition coefficient (Wildman–Crippen LogP) is 0.998. The molecule has 0 bridgehead atoms. The van der Waals surface area contributed by atoms with E-state index >= 15 is 0 Å². The third-order valence-electron chi connectivity index (χ3n) is 3.50. The molecule has 2 aliphatic rings. The summed E-state index contributed by atoms with van der Waals surface area (Å²) in [4.78, 5) is 25.0. The fourth-order valence-electron chi connectivity index (χ4n) is 2.06. The molecule has 2 N–H and O–H groups in total. The van der Waals surface area contributed by atoms with Gasteiger partial charge in [0, 0.05) is 24.6 Å². The van der Waals surface area contributed by atoms with Crippen LogP contribution in [0.25, 0.3) is 0 Å². The normalized spacial score (nSPS) is 23.9. The van der Waals surface area contributed by atoms with Crippen LogP contribution in [0, 0.1) is 5.92 Å². The van der Waals surface area contributed by atoms with E-state index in [9.17, 15) is 14.7 Å². The van der Waals surface area contributed by atoms with E-state index in [1.165, 1.54) is 0 Å². The quantitative estimate of drug-likeness (QED) is 0.792. The van der Waals surface area contributed by atoms with Crippen LogP contribution in [-0.4, -0.2) is 52.1 Å². The Hall–Kier alpha value is -0.910. The molecule has 96 valence electrons. The van der Waals surface area contributed by atoms with E-state index < -0.39 is 11.5 Å². The van der Waals surface area contributed by atoms with Crippen LogP contribution >= 0.6 is 11.8 Å². The maximum atomic E-state index is 12.0. The van der Waals surface area contributed by atoms with Gasteiger partial charge >= 0.3 is 12.0 Å². The third kappa shape index (κ3) is 2.68. The molecule has 1 atom stereocenters. The molecule has 2 rings (SSSR count). The molecule has 1 aliphatic carbocycles. The summed E-state index contributed by atoms with van der Waals surface area (Å²) in [6.07, 6.45) is 1.78. The van der Waals surface area contributed by atoms with E-state index in [2.05, 4.69) is 5.32 Å². The number of nitrogens with one attached hydrogen (secondary N) is 1. The maximum absolute atomic E-state index is 12.0. The van der Waals surface area contributed by atoms with Crippen molar-refractivity contribution in [2.45, 2.75) is 25.3 Å². The predicted molar refractivity (Wildman–Crippen MR) is 66.2 cm³/mol. The number of thioether (sulfide) groups is 1. The van der Waals surface area contributed by atoms with Gasteiger partial charge < -0.3 is 15.3 Å². The number of nitrogens with zero attached hydrogens (tertiary/aromatic N) is 1. The molecule has 1 unspecified atom stereocenters. The summed E-state index contributed by atoms with van der Waals surface area (Å²) < 4.78 is 0. The molecule has 1 saturated carbocycles. The summed E-state index contributed by atoms with van der Waals surface area (Å²) in [6.45, 7) is 3.03. The number of carbonyl (C=O) groups excluding carboxylic acids is 1. The SMILES string of the molecule is CC(NC(=O)N1CCSCC1)(C(=O)O)C1CC1. The minimum atomic E-state index is -1.10. The first-order chi connectivity index (χ1) is 8.04. The Balaban J connectivity index is 1.97. The van der Waals surface area contributed by atoms with Gasteiger partial charge in [0.05, 0.1) is 0 Å². The van der Waals surface area contributed by atoms with Gasteiger partial charge in [0.15, 0.2) is 0 Å². The first-order valence-electron chi connectivity index (χ1n) is 5.92. The average Bonchev–Trinajstić information content (AvgIpc) is 3.13. The van der Waals surface area contributed by atoms with Crippen molar-refractivity contribution < 1.29 is 14.7 Å². The van der Waals surface area contributed by atoms with Crippen LogP contribution in [0.2, 0.25) is 0 Å². The van der Waals surface area contributed by atoms with Crippen LogP contribution < -0.4 is 5.32 Å². The molecule has 0 spiro atoms. The number of hydrogen-bond acceptors (Lipinski definition) is 3. The molecule has 5 nitrogen and oxygen atoms in total. The highest BCUT2D eigenvalue weighted by Gasteiger charge is 2.49. The van der Waals surface area contributed by atoms with E-state index in [1.807, 2.05) is 11.8 Å². The zero-order valence-electron chi connectivity index (χ0n) is 9.94. The van der Waals surface area contributed by atoms with Crippen LogP contribution in [0.1, 0.15) is 19.8 Å². The van der Waals surface area contributed by atoms with Crippen molar-refractivity contribution in [1.82, 2.24) is 10.2 Å². The summed E-state index contributed by atoms with van der Waals surface area (Å²) in [5.74, 6) is 1.02. The van der Waals surface area contributed by atoms with E-state index in [0.717, 1.165) is 24.3 Å². The Bertz CT molecular complexity index is 327. The van der Waals surface area contributed by atoms with Gasteiger partial charge in [0.25, 0.3) is 0 Å². The number of amides is 2. The lowest BCUT2D eigenvalue weighted by Gasteiger charge is -2.32. The lowest BCUT2D eigenvalue weighted by molar-refractivity contribution is -0.144. The summed E-state index contributed by atoms with van der Waals surface area (Å²) in [5.41, 5.74) is -1.10. The molecular weight excluding hydrogens is 240 g/mol. The fraction of sp³-hybridized carbons (Fsp3) is 0.818. The molecule has 17 heavy (non-hydrogen) atoms. The van der Waals surface area contributed by atoms with Gasteiger partial charge in [-0.1, -0.05) is 0 Å². The highest BCUT2D eigenvalue weighted by molar-refractivity contribution is 7.99. The molecular formula is C11H18N2O3S. The van der Waals surface area contributed by atoms with Gasteiger partial charge in [-0.2, -0.15) is 11.8 Å². The fourth-order valence-corrected chi connectivity index (χ4v) is 2.96. The molecule has 2 amide bonds. The zero-order chi connectivity index (χ0) is 12.5. The van der Waals surface area contributed by atoms with Crippen LogP contribution in [-0.2, 0) is 4.79 Å². The maximum Gasteiger partial charge on any atom is 0.329 e. The van der Waals surface area contributed by atoms with Gasteiger partial charge in [0.1, 0.15) is 5.54 Å². The van der Waals surface area contributed by atoms with E-state index in [-0.39, 0.29) is 11.9 Å². The standard InChI is InChI=1S/C11H18N2O3S/c1-11(9(14)15,8-2-3-8)12-10(16)13-4-6-17-7-5-13/h8H,2-7H2,1H3,(H,12,16)(H,14,15). The number of urea groups is 1. The minimum Gasteiger partial charge on any atom is -0.480 e. The Morgan fingerprint density at radius 2 is 1.94 bits per heavy atom. The van der Waals surface area contributed by atoms with Gasteiger partial charge in [-0.05, 0) is 25.7 Å². The first-order valence-corrected chi connectivity index (χ1v) is 7.08. The average molecular weight is 258 g/mol. The lowest BCUT2D eigenvalue weighted by Crippen LogP contribution is -2.58. The molecule has 1 saturated heterocycles. The van der Waals surface area contributed by atoms with Crippen molar-refractivity contribution >= 4 is 23.8 Å². The number of carboxylic acid groups (broad SMARTS) is 1. The third-order valence-corrected chi connectivity index (χ3v) is 4.45. The number of hydrogen-bond donors (Lipinski definition) is 2. The van der Waals surface area contributed by atoms with Gasteiger partial charge in [-0.3, -0.25) is 0 Å². The second-order valence-electron chi connectivity index (χ2n) is 4.81. The monoisotopic (exact) mass is 258 g/mol. The molecule has 2 fully saturated rings. The number of rotatable bonds is 3.